The summed E-state index contributed by atoms with van der Waals surface area (Å²) in [6, 6.07) is 9.28. The van der Waals surface area contributed by atoms with Gasteiger partial charge in [0.2, 0.25) is 0 Å². The topological polar surface area (TPSA) is 43.4 Å². The number of hydrogen-bond donors (Lipinski definition) is 0. The molecule has 1 aromatic rings. The molecule has 1 atom stereocenters. The van der Waals surface area contributed by atoms with Crippen LogP contribution in [0.1, 0.15) is 38.5 Å². The normalized spacial score (nSPS) is 15.1. The summed E-state index contributed by atoms with van der Waals surface area (Å²) in [6.45, 7) is 12.2. The zero-order chi connectivity index (χ0) is 15.6. The zero-order valence-electron chi connectivity index (χ0n) is 13.3. The third-order valence-corrected chi connectivity index (χ3v) is 10.7. The van der Waals surface area contributed by atoms with E-state index >= 15 is 0 Å². The van der Waals surface area contributed by atoms with Gasteiger partial charge in [0.25, 0.3) is 0 Å². The lowest BCUT2D eigenvalue weighted by Gasteiger charge is -2.36. The highest BCUT2D eigenvalue weighted by atomic mass is 32.2. The number of hydrogen-bond acceptors (Lipinski definition) is 3. The first-order valence-corrected chi connectivity index (χ1v) is 11.5. The SMILES string of the molecule is CC(c1ccccc1)S(=O)(=O)CO[Si](C)(C)C(C)(C)C. The Bertz CT molecular complexity index is 530. The highest BCUT2D eigenvalue weighted by molar-refractivity contribution is 7.91. The predicted molar refractivity (Wildman–Crippen MR) is 86.9 cm³/mol. The first kappa shape index (κ1) is 17.4. The summed E-state index contributed by atoms with van der Waals surface area (Å²) in [5.74, 6) is -0.195. The summed E-state index contributed by atoms with van der Waals surface area (Å²) in [7, 11) is -5.33. The van der Waals surface area contributed by atoms with Gasteiger partial charge < -0.3 is 4.43 Å². The third kappa shape index (κ3) is 4.17. The fraction of sp³-hybridized carbons (Fsp3) is 0.600. The molecule has 0 N–H and O–H groups in total. The lowest BCUT2D eigenvalue weighted by atomic mass is 10.2. The molecule has 0 fully saturated rings. The Morgan fingerprint density at radius 2 is 1.65 bits per heavy atom. The van der Waals surface area contributed by atoms with Gasteiger partial charge in [0.05, 0.1) is 5.25 Å². The number of rotatable bonds is 5. The fourth-order valence-corrected chi connectivity index (χ4v) is 4.52. The molecule has 0 saturated heterocycles. The van der Waals surface area contributed by atoms with Gasteiger partial charge in [-0.05, 0) is 30.6 Å². The van der Waals surface area contributed by atoms with Gasteiger partial charge in [-0.2, -0.15) is 0 Å². The number of sulfone groups is 1. The van der Waals surface area contributed by atoms with Crippen molar-refractivity contribution in [2.45, 2.75) is 51.1 Å². The Morgan fingerprint density at radius 1 is 1.15 bits per heavy atom. The van der Waals surface area contributed by atoms with E-state index in [-0.39, 0.29) is 11.0 Å². The smallest absolute Gasteiger partial charge is 0.193 e. The molecule has 0 radical (unpaired) electrons. The molecule has 0 amide bonds. The van der Waals surface area contributed by atoms with Gasteiger partial charge in [-0.15, -0.1) is 0 Å². The van der Waals surface area contributed by atoms with Crippen molar-refractivity contribution in [3.63, 3.8) is 0 Å². The summed E-state index contributed by atoms with van der Waals surface area (Å²) < 4.78 is 30.7. The van der Waals surface area contributed by atoms with Crippen LogP contribution in [0.15, 0.2) is 30.3 Å². The minimum absolute atomic E-state index is 0.0124. The van der Waals surface area contributed by atoms with Crippen LogP contribution in [0.2, 0.25) is 18.1 Å². The third-order valence-electron chi connectivity index (χ3n) is 4.20. The van der Waals surface area contributed by atoms with Crippen LogP contribution in [-0.4, -0.2) is 22.7 Å². The second kappa shape index (κ2) is 5.99. The van der Waals surface area contributed by atoms with Crippen LogP contribution in [0.5, 0.6) is 0 Å². The molecule has 114 valence electrons. The maximum Gasteiger partial charge on any atom is 0.193 e. The van der Waals surface area contributed by atoms with E-state index in [0.29, 0.717) is 0 Å². The standard InChI is InChI=1S/C15H26O3SSi/c1-13(14-10-8-7-9-11-14)19(16,17)12-18-20(5,6)15(2,3)4/h7-11,13H,12H2,1-6H3. The van der Waals surface area contributed by atoms with Crippen molar-refractivity contribution in [3.05, 3.63) is 35.9 Å². The molecule has 3 nitrogen and oxygen atoms in total. The van der Waals surface area contributed by atoms with Crippen LogP contribution in [0.3, 0.4) is 0 Å². The van der Waals surface area contributed by atoms with Crippen LogP contribution in [0, 0.1) is 0 Å². The molecule has 5 heteroatoms. The first-order valence-electron chi connectivity index (χ1n) is 6.88. The van der Waals surface area contributed by atoms with Crippen molar-refractivity contribution in [1.82, 2.24) is 0 Å². The summed E-state index contributed by atoms with van der Waals surface area (Å²) >= 11 is 0. The first-order chi connectivity index (χ1) is 8.97. The van der Waals surface area contributed by atoms with Crippen molar-refractivity contribution >= 4 is 18.2 Å². The summed E-state index contributed by atoms with van der Waals surface area (Å²) in [6.07, 6.45) is 0. The van der Waals surface area contributed by atoms with E-state index in [1.165, 1.54) is 0 Å². The van der Waals surface area contributed by atoms with Crippen LogP contribution in [-0.2, 0) is 14.3 Å². The van der Waals surface area contributed by atoms with Gasteiger partial charge in [0.1, 0.15) is 5.94 Å². The predicted octanol–water partition coefficient (Wildman–Crippen LogP) is 4.14. The summed E-state index contributed by atoms with van der Waals surface area (Å²) in [5, 5.41) is -0.521. The van der Waals surface area contributed by atoms with Crippen LogP contribution in [0.25, 0.3) is 0 Å². The molecule has 1 aromatic carbocycles. The van der Waals surface area contributed by atoms with Crippen molar-refractivity contribution in [1.29, 1.82) is 0 Å². The Balaban J connectivity index is 2.82. The van der Waals surface area contributed by atoms with E-state index in [2.05, 4.69) is 33.9 Å². The molecule has 0 spiro atoms. The van der Waals surface area contributed by atoms with E-state index in [4.69, 9.17) is 4.43 Å². The lowest BCUT2D eigenvalue weighted by Crippen LogP contribution is -2.42. The van der Waals surface area contributed by atoms with Gasteiger partial charge in [-0.1, -0.05) is 51.1 Å². The van der Waals surface area contributed by atoms with Crippen molar-refractivity contribution < 1.29 is 12.8 Å². The number of benzene rings is 1. The van der Waals surface area contributed by atoms with Gasteiger partial charge in [-0.3, -0.25) is 0 Å². The van der Waals surface area contributed by atoms with Gasteiger partial charge in [0, 0.05) is 0 Å². The molecule has 0 aromatic heterocycles. The van der Waals surface area contributed by atoms with Crippen LogP contribution in [0.4, 0.5) is 0 Å². The average Bonchev–Trinajstić information content (AvgIpc) is 2.35. The monoisotopic (exact) mass is 314 g/mol. The summed E-state index contributed by atoms with van der Waals surface area (Å²) in [4.78, 5) is 0. The van der Waals surface area contributed by atoms with Crippen molar-refractivity contribution in [2.75, 3.05) is 5.94 Å². The Morgan fingerprint density at radius 3 is 2.10 bits per heavy atom. The molecule has 0 aliphatic rings. The second-order valence-corrected chi connectivity index (χ2v) is 13.8. The molecule has 1 rings (SSSR count). The molecule has 1 unspecified atom stereocenters. The fourth-order valence-electron chi connectivity index (χ4n) is 1.48. The van der Waals surface area contributed by atoms with E-state index in [1.807, 2.05) is 30.3 Å². The van der Waals surface area contributed by atoms with Crippen LogP contribution < -0.4 is 0 Å². The van der Waals surface area contributed by atoms with Gasteiger partial charge >= 0.3 is 0 Å². The highest BCUT2D eigenvalue weighted by Crippen LogP contribution is 2.37. The molecule has 0 heterocycles. The minimum Gasteiger partial charge on any atom is -0.403 e. The lowest BCUT2D eigenvalue weighted by molar-refractivity contribution is 0.340. The van der Waals surface area contributed by atoms with Crippen LogP contribution >= 0.6 is 0 Å². The van der Waals surface area contributed by atoms with E-state index < -0.39 is 23.4 Å². The molecular weight excluding hydrogens is 288 g/mol. The molecular formula is C15H26O3SSi. The van der Waals surface area contributed by atoms with E-state index in [9.17, 15) is 8.42 Å². The largest absolute Gasteiger partial charge is 0.403 e. The van der Waals surface area contributed by atoms with Gasteiger partial charge in [0.15, 0.2) is 18.2 Å². The van der Waals surface area contributed by atoms with Gasteiger partial charge in [-0.25, -0.2) is 8.42 Å². The molecule has 20 heavy (non-hydrogen) atoms. The summed E-state index contributed by atoms with van der Waals surface area (Å²) in [5.41, 5.74) is 0.811. The Hall–Kier alpha value is -0.653. The average molecular weight is 315 g/mol. The second-order valence-electron chi connectivity index (χ2n) is 6.74. The Kier molecular flexibility index (Phi) is 5.22. The maximum absolute atomic E-state index is 12.4. The quantitative estimate of drug-likeness (QED) is 0.767. The van der Waals surface area contributed by atoms with E-state index in [1.54, 1.807) is 6.92 Å². The molecule has 0 bridgehead atoms. The van der Waals surface area contributed by atoms with Crippen molar-refractivity contribution in [3.8, 4) is 0 Å². The zero-order valence-corrected chi connectivity index (χ0v) is 15.1. The molecule has 0 saturated carbocycles. The maximum atomic E-state index is 12.4. The molecule has 0 aliphatic carbocycles. The van der Waals surface area contributed by atoms with E-state index in [0.717, 1.165) is 5.56 Å². The Labute approximate surface area is 124 Å². The highest BCUT2D eigenvalue weighted by Gasteiger charge is 2.38. The minimum atomic E-state index is -3.29. The molecule has 0 aliphatic heterocycles. The van der Waals surface area contributed by atoms with Crippen molar-refractivity contribution in [2.24, 2.45) is 0 Å².